The van der Waals surface area contributed by atoms with Gasteiger partial charge in [0.1, 0.15) is 19.7 Å². The fourth-order valence-corrected chi connectivity index (χ4v) is 4.61. The average Bonchev–Trinajstić information content (AvgIpc) is 1.96. The van der Waals surface area contributed by atoms with Crippen molar-refractivity contribution in [2.24, 2.45) is 0 Å². The molecule has 0 saturated carbocycles. The molecule has 0 aliphatic rings. The molecule has 1 atom stereocenters. The number of hydrogen-bond donors (Lipinski definition) is 0. The Bertz CT molecular complexity index is 494. The lowest BCUT2D eigenvalue weighted by Crippen LogP contribution is -2.41. The van der Waals surface area contributed by atoms with E-state index in [0.29, 0.717) is 0 Å². The van der Waals surface area contributed by atoms with Gasteiger partial charge in [-0.15, -0.1) is 0 Å². The summed E-state index contributed by atoms with van der Waals surface area (Å²) in [5.41, 5.74) is -13.0. The number of rotatable bonds is 3. The Morgan fingerprint density at radius 3 is 1.17 bits per heavy atom. The molecule has 18 heavy (non-hydrogen) atoms. The van der Waals surface area contributed by atoms with Crippen molar-refractivity contribution in [3.8, 4) is 0 Å². The van der Waals surface area contributed by atoms with Gasteiger partial charge in [-0.2, -0.15) is 37.4 Å². The zero-order valence-electron chi connectivity index (χ0n) is 7.44. The quantitative estimate of drug-likeness (QED) is 0.411. The van der Waals surface area contributed by atoms with Gasteiger partial charge in [-0.1, -0.05) is 0 Å². The molecule has 0 aliphatic carbocycles. The van der Waals surface area contributed by atoms with Crippen LogP contribution in [0.1, 0.15) is 0 Å². The maximum atomic E-state index is 11.8. The number of alkyl halides is 6. The van der Waals surface area contributed by atoms with E-state index >= 15 is 0 Å². The average molecular weight is 342 g/mol. The van der Waals surface area contributed by atoms with E-state index in [1.165, 1.54) is 0 Å². The predicted octanol–water partition coefficient (Wildman–Crippen LogP) is 0.182. The molecule has 1 unspecified atom stereocenters. The maximum absolute atomic E-state index is 11.8. The third kappa shape index (κ3) is 2.94. The first-order valence-electron chi connectivity index (χ1n) is 3.15. The van der Waals surface area contributed by atoms with E-state index in [2.05, 4.69) is 0 Å². The van der Waals surface area contributed by atoms with Crippen molar-refractivity contribution in [1.82, 2.24) is 0 Å². The van der Waals surface area contributed by atoms with Gasteiger partial charge in [0.25, 0.3) is 0 Å². The highest BCUT2D eigenvalue weighted by molar-refractivity contribution is 8.26. The van der Waals surface area contributed by atoms with Gasteiger partial charge in [0, 0.05) is 3.91 Å². The van der Waals surface area contributed by atoms with Crippen LogP contribution in [-0.2, 0) is 30.8 Å². The molecule has 0 aromatic carbocycles. The minimum absolute atomic E-state index is 3.69. The summed E-state index contributed by atoms with van der Waals surface area (Å²) in [4.78, 5) is 0. The monoisotopic (exact) mass is 342 g/mol. The first kappa shape index (κ1) is 17.6. The lowest BCUT2D eigenvalue weighted by molar-refractivity contribution is -0.0449. The predicted molar refractivity (Wildman–Crippen MR) is 42.1 cm³/mol. The minimum atomic E-state index is -7.18. The largest absolute Gasteiger partial charge is 0.797 e. The SMILES string of the molecule is O=S([O-])[C-](S(=O)(=O)C(F)(F)F)S(=O)(=O)C(F)(F)F. The molecule has 6 nitrogen and oxygen atoms in total. The van der Waals surface area contributed by atoms with Gasteiger partial charge in [0.15, 0.2) is 0 Å². The van der Waals surface area contributed by atoms with Crippen LogP contribution < -0.4 is 0 Å². The Kier molecular flexibility index (Phi) is 4.50. The summed E-state index contributed by atoms with van der Waals surface area (Å²) < 4.78 is 129. The molecule has 0 aliphatic heterocycles. The normalized spacial score (nSPS) is 16.9. The van der Waals surface area contributed by atoms with Crippen LogP contribution in [0.15, 0.2) is 0 Å². The molecule has 0 aromatic heterocycles. The molecule has 110 valence electrons. The number of halogens is 6. The summed E-state index contributed by atoms with van der Waals surface area (Å²) in [7, 11) is -14.4. The van der Waals surface area contributed by atoms with Crippen LogP contribution in [0, 0.1) is 3.91 Å². The van der Waals surface area contributed by atoms with E-state index in [1.54, 1.807) is 0 Å². The van der Waals surface area contributed by atoms with Crippen molar-refractivity contribution in [3.05, 3.63) is 3.91 Å². The van der Waals surface area contributed by atoms with E-state index in [4.69, 9.17) is 0 Å². The van der Waals surface area contributed by atoms with E-state index in [1.807, 2.05) is 0 Å². The third-order valence-corrected chi connectivity index (χ3v) is 7.00. The second-order valence-corrected chi connectivity index (χ2v) is 7.79. The molecule has 0 fully saturated rings. The van der Waals surface area contributed by atoms with Crippen molar-refractivity contribution < 1.29 is 51.9 Å². The topological polar surface area (TPSA) is 108 Å². The summed E-state index contributed by atoms with van der Waals surface area (Å²) in [6, 6.07) is 0. The Labute approximate surface area is 98.1 Å². The smallest absolute Gasteiger partial charge is 0.470 e. The summed E-state index contributed by atoms with van der Waals surface area (Å²) in [6.45, 7) is 0. The van der Waals surface area contributed by atoms with E-state index in [0.717, 1.165) is 0 Å². The van der Waals surface area contributed by atoms with Crippen LogP contribution in [0.25, 0.3) is 0 Å². The fraction of sp³-hybridized carbons (Fsp3) is 0.667. The highest BCUT2D eigenvalue weighted by Crippen LogP contribution is 2.41. The summed E-state index contributed by atoms with van der Waals surface area (Å²) in [6.07, 6.45) is 0. The summed E-state index contributed by atoms with van der Waals surface area (Å²) in [5.74, 6) is 0. The molecule has 0 heterocycles. The lowest BCUT2D eigenvalue weighted by atomic mass is 11.5. The minimum Gasteiger partial charge on any atom is -0.797 e. The van der Waals surface area contributed by atoms with E-state index < -0.39 is 45.7 Å². The van der Waals surface area contributed by atoms with Crippen molar-refractivity contribution >= 4 is 30.8 Å². The van der Waals surface area contributed by atoms with E-state index in [-0.39, 0.29) is 0 Å². The Balaban J connectivity index is 6.23. The molecular weight excluding hydrogens is 342 g/mol. The first-order chi connectivity index (χ1) is 7.57. The molecule has 0 saturated heterocycles. The van der Waals surface area contributed by atoms with Gasteiger partial charge < -0.3 is 8.76 Å². The van der Waals surface area contributed by atoms with Gasteiger partial charge in [-0.25, -0.2) is 0 Å². The Hall–Kier alpha value is -0.410. The van der Waals surface area contributed by atoms with Crippen LogP contribution in [0.3, 0.4) is 0 Å². The molecule has 15 heteroatoms. The molecule has 0 rings (SSSR count). The summed E-state index contributed by atoms with van der Waals surface area (Å²) >= 11 is -4.78. The Morgan fingerprint density at radius 2 is 1.06 bits per heavy atom. The summed E-state index contributed by atoms with van der Waals surface area (Å²) in [5, 5.41) is 0. The molecule has 0 radical (unpaired) electrons. The highest BCUT2D eigenvalue weighted by atomic mass is 32.3. The van der Waals surface area contributed by atoms with Crippen LogP contribution in [0.5, 0.6) is 0 Å². The van der Waals surface area contributed by atoms with Crippen molar-refractivity contribution in [2.75, 3.05) is 0 Å². The van der Waals surface area contributed by atoms with E-state index in [9.17, 15) is 51.9 Å². The van der Waals surface area contributed by atoms with Crippen LogP contribution in [-0.4, -0.2) is 36.6 Å². The van der Waals surface area contributed by atoms with Gasteiger partial charge in [0.2, 0.25) is 0 Å². The molecular formula is C3F6O6S3-2. The third-order valence-electron chi connectivity index (χ3n) is 1.18. The van der Waals surface area contributed by atoms with Gasteiger partial charge in [-0.3, -0.25) is 16.8 Å². The maximum Gasteiger partial charge on any atom is 0.470 e. The second-order valence-electron chi connectivity index (χ2n) is 2.38. The second kappa shape index (κ2) is 4.61. The van der Waals surface area contributed by atoms with Crippen LogP contribution in [0.2, 0.25) is 0 Å². The molecule has 0 spiro atoms. The van der Waals surface area contributed by atoms with Crippen molar-refractivity contribution in [1.29, 1.82) is 0 Å². The van der Waals surface area contributed by atoms with Crippen molar-refractivity contribution in [3.63, 3.8) is 0 Å². The first-order valence-corrected chi connectivity index (χ1v) is 7.20. The van der Waals surface area contributed by atoms with Gasteiger partial charge in [0.05, 0.1) is 0 Å². The van der Waals surface area contributed by atoms with Crippen LogP contribution >= 0.6 is 0 Å². The molecule has 0 aromatic rings. The van der Waals surface area contributed by atoms with Gasteiger partial charge in [-0.05, 0) is 0 Å². The highest BCUT2D eigenvalue weighted by Gasteiger charge is 2.54. The number of sulfone groups is 2. The lowest BCUT2D eigenvalue weighted by Gasteiger charge is -2.33. The van der Waals surface area contributed by atoms with Gasteiger partial charge >= 0.3 is 11.0 Å². The zero-order chi connectivity index (χ0) is 15.2. The molecule has 0 bridgehead atoms. The number of hydrogen-bond acceptors (Lipinski definition) is 6. The zero-order valence-corrected chi connectivity index (χ0v) is 9.89. The van der Waals surface area contributed by atoms with Crippen molar-refractivity contribution in [2.45, 2.75) is 11.0 Å². The van der Waals surface area contributed by atoms with Crippen LogP contribution in [0.4, 0.5) is 26.3 Å². The Morgan fingerprint density at radius 1 is 0.833 bits per heavy atom. The standard InChI is InChI=1S/C3HF6O6S3/c4-2(5,6)17(12,13)1(16(10)11)18(14,15)3(7,8)9/h(H,10,11)/q-1/p-1. The molecule has 0 amide bonds. The molecule has 0 N–H and O–H groups in total. The fourth-order valence-electron chi connectivity index (χ4n) is 0.513.